The van der Waals surface area contributed by atoms with E-state index in [0.717, 1.165) is 18.7 Å². The van der Waals surface area contributed by atoms with E-state index in [1.54, 1.807) is 0 Å². The molecule has 0 aliphatic rings. The average Bonchev–Trinajstić information content (AvgIpc) is 2.05. The molecular formula is C11H19N. The molecular weight excluding hydrogens is 146 g/mol. The number of nitrogens with one attached hydrogen (secondary N) is 1. The van der Waals surface area contributed by atoms with Gasteiger partial charge in [-0.15, -0.1) is 0 Å². The zero-order valence-corrected chi connectivity index (χ0v) is 8.19. The molecule has 0 aromatic rings. The van der Waals surface area contributed by atoms with Crippen molar-refractivity contribution in [2.75, 3.05) is 6.54 Å². The van der Waals surface area contributed by atoms with Crippen LogP contribution in [-0.4, -0.2) is 6.54 Å². The van der Waals surface area contributed by atoms with Gasteiger partial charge in [0, 0.05) is 12.2 Å². The standard InChI is InChI=1S/C11H19N/c1-5-7-8-11(6-2)9-12-10(3)4/h6,8,12H,2-3,5,7,9H2,1,4H3/b11-8+. The fourth-order valence-electron chi connectivity index (χ4n) is 0.810. The van der Waals surface area contributed by atoms with Crippen molar-refractivity contribution in [2.24, 2.45) is 0 Å². The molecule has 0 heterocycles. The van der Waals surface area contributed by atoms with Crippen LogP contribution in [0.4, 0.5) is 0 Å². The molecule has 0 saturated heterocycles. The highest BCUT2D eigenvalue weighted by molar-refractivity contribution is 5.18. The smallest absolute Gasteiger partial charge is 0.0394 e. The molecule has 0 saturated carbocycles. The third kappa shape index (κ3) is 5.78. The van der Waals surface area contributed by atoms with Gasteiger partial charge >= 0.3 is 0 Å². The Morgan fingerprint density at radius 1 is 1.50 bits per heavy atom. The average molecular weight is 165 g/mol. The van der Waals surface area contributed by atoms with Gasteiger partial charge in [0.1, 0.15) is 0 Å². The van der Waals surface area contributed by atoms with Crippen LogP contribution in [0.2, 0.25) is 0 Å². The lowest BCUT2D eigenvalue weighted by Crippen LogP contribution is -2.12. The van der Waals surface area contributed by atoms with Crippen LogP contribution in [-0.2, 0) is 0 Å². The first-order chi connectivity index (χ1) is 5.70. The molecule has 0 aromatic carbocycles. The minimum atomic E-state index is 0.846. The van der Waals surface area contributed by atoms with Crippen molar-refractivity contribution in [2.45, 2.75) is 26.7 Å². The summed E-state index contributed by atoms with van der Waals surface area (Å²) in [5, 5.41) is 3.17. The summed E-state index contributed by atoms with van der Waals surface area (Å²) in [6.45, 7) is 12.5. The number of hydrogen-bond acceptors (Lipinski definition) is 1. The number of rotatable bonds is 6. The van der Waals surface area contributed by atoms with Crippen molar-refractivity contribution in [1.82, 2.24) is 5.32 Å². The van der Waals surface area contributed by atoms with Crippen molar-refractivity contribution in [3.8, 4) is 0 Å². The summed E-state index contributed by atoms with van der Waals surface area (Å²) in [5.41, 5.74) is 2.25. The minimum Gasteiger partial charge on any atom is -0.385 e. The fourth-order valence-corrected chi connectivity index (χ4v) is 0.810. The Balaban J connectivity index is 3.82. The molecule has 68 valence electrons. The van der Waals surface area contributed by atoms with Gasteiger partial charge in [0.15, 0.2) is 0 Å². The van der Waals surface area contributed by atoms with Gasteiger partial charge in [-0.25, -0.2) is 0 Å². The monoisotopic (exact) mass is 165 g/mol. The molecule has 0 aliphatic heterocycles. The number of allylic oxidation sites excluding steroid dienone is 2. The van der Waals surface area contributed by atoms with E-state index in [-0.39, 0.29) is 0 Å². The van der Waals surface area contributed by atoms with Crippen molar-refractivity contribution in [3.63, 3.8) is 0 Å². The quantitative estimate of drug-likeness (QED) is 0.596. The van der Waals surface area contributed by atoms with Crippen LogP contribution in [0, 0.1) is 0 Å². The van der Waals surface area contributed by atoms with Crippen LogP contribution in [0.15, 0.2) is 36.6 Å². The molecule has 1 N–H and O–H groups in total. The molecule has 0 amide bonds. The summed E-state index contributed by atoms with van der Waals surface area (Å²) in [4.78, 5) is 0. The SMILES string of the molecule is C=C/C(=C\CCC)CNC(=C)C. The molecule has 1 heteroatoms. The van der Waals surface area contributed by atoms with Gasteiger partial charge in [-0.2, -0.15) is 0 Å². The van der Waals surface area contributed by atoms with Gasteiger partial charge in [0.2, 0.25) is 0 Å². The van der Waals surface area contributed by atoms with Crippen LogP contribution in [0.3, 0.4) is 0 Å². The Kier molecular flexibility index (Phi) is 6.16. The zero-order chi connectivity index (χ0) is 9.40. The predicted molar refractivity (Wildman–Crippen MR) is 56.0 cm³/mol. The molecule has 0 bridgehead atoms. The van der Waals surface area contributed by atoms with Crippen molar-refractivity contribution in [3.05, 3.63) is 36.6 Å². The lowest BCUT2D eigenvalue weighted by Gasteiger charge is -2.05. The summed E-state index contributed by atoms with van der Waals surface area (Å²) in [6.07, 6.45) is 6.41. The minimum absolute atomic E-state index is 0.846. The largest absolute Gasteiger partial charge is 0.385 e. The maximum absolute atomic E-state index is 3.77. The van der Waals surface area contributed by atoms with Crippen molar-refractivity contribution in [1.29, 1.82) is 0 Å². The second-order valence-electron chi connectivity index (χ2n) is 2.91. The molecule has 0 radical (unpaired) electrons. The summed E-state index contributed by atoms with van der Waals surface area (Å²) in [5.74, 6) is 0. The first-order valence-electron chi connectivity index (χ1n) is 4.41. The van der Waals surface area contributed by atoms with E-state index in [2.05, 4.69) is 31.5 Å². The van der Waals surface area contributed by atoms with Gasteiger partial charge in [-0.05, 0) is 18.9 Å². The molecule has 0 spiro atoms. The second kappa shape index (κ2) is 6.71. The maximum Gasteiger partial charge on any atom is 0.0394 e. The lowest BCUT2D eigenvalue weighted by atomic mass is 10.2. The first-order valence-corrected chi connectivity index (χ1v) is 4.41. The van der Waals surface area contributed by atoms with E-state index in [1.807, 2.05) is 13.0 Å². The van der Waals surface area contributed by atoms with Gasteiger partial charge in [0.25, 0.3) is 0 Å². The fraction of sp³-hybridized carbons (Fsp3) is 0.455. The maximum atomic E-state index is 3.77. The van der Waals surface area contributed by atoms with Crippen molar-refractivity contribution >= 4 is 0 Å². The Morgan fingerprint density at radius 2 is 2.17 bits per heavy atom. The van der Waals surface area contributed by atoms with Crippen LogP contribution in [0.25, 0.3) is 0 Å². The Morgan fingerprint density at radius 3 is 2.58 bits per heavy atom. The van der Waals surface area contributed by atoms with E-state index in [9.17, 15) is 0 Å². The van der Waals surface area contributed by atoms with Crippen LogP contribution in [0.5, 0.6) is 0 Å². The van der Waals surface area contributed by atoms with Gasteiger partial charge in [-0.1, -0.05) is 38.7 Å². The highest BCUT2D eigenvalue weighted by Gasteiger charge is 1.89. The Hall–Kier alpha value is -0.980. The first kappa shape index (κ1) is 11.0. The van der Waals surface area contributed by atoms with E-state index in [4.69, 9.17) is 0 Å². The molecule has 12 heavy (non-hydrogen) atoms. The summed E-state index contributed by atoms with van der Waals surface area (Å²) >= 11 is 0. The predicted octanol–water partition coefficient (Wildman–Crippen LogP) is 3.02. The van der Waals surface area contributed by atoms with Gasteiger partial charge in [-0.3, -0.25) is 0 Å². The number of hydrogen-bond donors (Lipinski definition) is 1. The summed E-state index contributed by atoms with van der Waals surface area (Å²) in [7, 11) is 0. The second-order valence-corrected chi connectivity index (χ2v) is 2.91. The van der Waals surface area contributed by atoms with Crippen LogP contribution >= 0.6 is 0 Å². The molecule has 0 unspecified atom stereocenters. The third-order valence-corrected chi connectivity index (χ3v) is 1.55. The molecule has 0 aliphatic carbocycles. The highest BCUT2D eigenvalue weighted by atomic mass is 14.9. The van der Waals surface area contributed by atoms with E-state index < -0.39 is 0 Å². The van der Waals surface area contributed by atoms with Gasteiger partial charge in [0.05, 0.1) is 0 Å². The molecule has 0 atom stereocenters. The molecule has 0 rings (SSSR count). The topological polar surface area (TPSA) is 12.0 Å². The Bertz CT molecular complexity index is 177. The van der Waals surface area contributed by atoms with Crippen LogP contribution < -0.4 is 5.32 Å². The van der Waals surface area contributed by atoms with Gasteiger partial charge < -0.3 is 5.32 Å². The molecule has 1 nitrogen and oxygen atoms in total. The highest BCUT2D eigenvalue weighted by Crippen LogP contribution is 1.99. The van der Waals surface area contributed by atoms with E-state index in [0.29, 0.717) is 0 Å². The molecule has 0 aromatic heterocycles. The lowest BCUT2D eigenvalue weighted by molar-refractivity contribution is 0.872. The van der Waals surface area contributed by atoms with E-state index in [1.165, 1.54) is 12.0 Å². The van der Waals surface area contributed by atoms with E-state index >= 15 is 0 Å². The molecule has 0 fully saturated rings. The third-order valence-electron chi connectivity index (χ3n) is 1.55. The van der Waals surface area contributed by atoms with Crippen molar-refractivity contribution < 1.29 is 0 Å². The zero-order valence-electron chi connectivity index (χ0n) is 8.19. The summed E-state index contributed by atoms with van der Waals surface area (Å²) < 4.78 is 0. The normalized spacial score (nSPS) is 11.0. The van der Waals surface area contributed by atoms with Crippen LogP contribution in [0.1, 0.15) is 26.7 Å². The summed E-state index contributed by atoms with van der Waals surface area (Å²) in [6, 6.07) is 0. The Labute approximate surface area is 75.9 Å². The number of unbranched alkanes of at least 4 members (excludes halogenated alkanes) is 1.